The Morgan fingerprint density at radius 2 is 1.88 bits per heavy atom. The van der Waals surface area contributed by atoms with E-state index in [1.807, 2.05) is 35.5 Å². The summed E-state index contributed by atoms with van der Waals surface area (Å²) in [5.41, 5.74) is 4.18. The van der Waals surface area contributed by atoms with Crippen LogP contribution in [0.2, 0.25) is 0 Å². The third-order valence-corrected chi connectivity index (χ3v) is 5.60. The maximum atomic E-state index is 12.8. The van der Waals surface area contributed by atoms with E-state index >= 15 is 0 Å². The lowest BCUT2D eigenvalue weighted by Gasteiger charge is -2.34. The van der Waals surface area contributed by atoms with Crippen LogP contribution in [0.5, 0.6) is 0 Å². The van der Waals surface area contributed by atoms with Gasteiger partial charge in [-0.1, -0.05) is 30.3 Å². The second kappa shape index (κ2) is 8.56. The molecule has 0 bridgehead atoms. The smallest absolute Gasteiger partial charge is 0.236 e. The van der Waals surface area contributed by atoms with E-state index in [0.29, 0.717) is 6.54 Å². The van der Waals surface area contributed by atoms with Crippen molar-refractivity contribution < 1.29 is 4.79 Å². The summed E-state index contributed by atoms with van der Waals surface area (Å²) < 4.78 is 0. The number of carbonyl (C=O) groups excluding carboxylic acids is 1. The number of carbonyl (C=O) groups is 1. The number of likely N-dealkylation sites (N-methyl/N-ethyl adjacent to an activating group) is 1. The second-order valence-electron chi connectivity index (χ2n) is 6.68. The van der Waals surface area contributed by atoms with Crippen LogP contribution in [0.1, 0.15) is 16.1 Å². The van der Waals surface area contributed by atoms with Crippen molar-refractivity contribution in [1.29, 1.82) is 0 Å². The van der Waals surface area contributed by atoms with Gasteiger partial charge in [0.2, 0.25) is 5.91 Å². The number of piperazine rings is 1. The van der Waals surface area contributed by atoms with Gasteiger partial charge >= 0.3 is 0 Å². The van der Waals surface area contributed by atoms with Crippen molar-refractivity contribution in [2.45, 2.75) is 20.0 Å². The molecule has 25 heavy (non-hydrogen) atoms. The molecule has 2 aromatic rings. The van der Waals surface area contributed by atoms with E-state index in [4.69, 9.17) is 0 Å². The topological polar surface area (TPSA) is 39.7 Å². The average molecular weight is 359 g/mol. The molecule has 3 rings (SSSR count). The molecule has 1 aromatic heterocycles. The SMILES string of the molecule is Cc1ncsc1CN(CC(=O)N1CCN(C)CC1)Cc1ccccc1. The molecule has 0 saturated carbocycles. The molecule has 1 aliphatic rings. The first-order valence-corrected chi connectivity index (χ1v) is 9.61. The van der Waals surface area contributed by atoms with Crippen molar-refractivity contribution in [3.63, 3.8) is 0 Å². The third-order valence-electron chi connectivity index (χ3n) is 4.68. The average Bonchev–Trinajstić information content (AvgIpc) is 3.01. The highest BCUT2D eigenvalue weighted by Gasteiger charge is 2.22. The van der Waals surface area contributed by atoms with Crippen molar-refractivity contribution in [2.24, 2.45) is 0 Å². The minimum absolute atomic E-state index is 0.228. The van der Waals surface area contributed by atoms with Crippen LogP contribution < -0.4 is 0 Å². The summed E-state index contributed by atoms with van der Waals surface area (Å²) in [4.78, 5) is 24.9. The molecule has 1 saturated heterocycles. The number of aryl methyl sites for hydroxylation is 1. The van der Waals surface area contributed by atoms with E-state index < -0.39 is 0 Å². The van der Waals surface area contributed by atoms with Gasteiger partial charge in [0.05, 0.1) is 17.7 Å². The Morgan fingerprint density at radius 1 is 1.16 bits per heavy atom. The van der Waals surface area contributed by atoms with Gasteiger partial charge in [0, 0.05) is 44.1 Å². The summed E-state index contributed by atoms with van der Waals surface area (Å²) in [5.74, 6) is 0.228. The summed E-state index contributed by atoms with van der Waals surface area (Å²) in [6.07, 6.45) is 0. The van der Waals surface area contributed by atoms with Crippen LogP contribution in [0.3, 0.4) is 0 Å². The van der Waals surface area contributed by atoms with Gasteiger partial charge in [-0.15, -0.1) is 11.3 Å². The zero-order chi connectivity index (χ0) is 17.6. The summed E-state index contributed by atoms with van der Waals surface area (Å²) in [6.45, 7) is 7.60. The van der Waals surface area contributed by atoms with Crippen LogP contribution >= 0.6 is 11.3 Å². The van der Waals surface area contributed by atoms with Gasteiger partial charge in [0.15, 0.2) is 0 Å². The molecule has 1 aromatic carbocycles. The monoisotopic (exact) mass is 358 g/mol. The highest BCUT2D eigenvalue weighted by Crippen LogP contribution is 2.17. The fourth-order valence-corrected chi connectivity index (χ4v) is 3.86. The molecule has 1 amide bonds. The first-order chi connectivity index (χ1) is 12.1. The lowest BCUT2D eigenvalue weighted by molar-refractivity contribution is -0.134. The molecule has 0 spiro atoms. The number of benzene rings is 1. The number of hydrogen-bond acceptors (Lipinski definition) is 5. The van der Waals surface area contributed by atoms with Gasteiger partial charge < -0.3 is 9.80 Å². The van der Waals surface area contributed by atoms with Crippen LogP contribution in [0.15, 0.2) is 35.8 Å². The van der Waals surface area contributed by atoms with Gasteiger partial charge in [-0.25, -0.2) is 4.98 Å². The Morgan fingerprint density at radius 3 is 2.52 bits per heavy atom. The van der Waals surface area contributed by atoms with Crippen LogP contribution in [0, 0.1) is 6.92 Å². The van der Waals surface area contributed by atoms with Crippen LogP contribution in [0.4, 0.5) is 0 Å². The highest BCUT2D eigenvalue weighted by atomic mass is 32.1. The molecule has 0 aliphatic carbocycles. The number of nitrogens with zero attached hydrogens (tertiary/aromatic N) is 4. The zero-order valence-electron chi connectivity index (χ0n) is 15.0. The molecule has 2 heterocycles. The molecule has 1 aliphatic heterocycles. The Bertz CT molecular complexity index is 680. The Kier molecular flexibility index (Phi) is 6.18. The molecular formula is C19H26N4OS. The normalized spacial score (nSPS) is 15.7. The first-order valence-electron chi connectivity index (χ1n) is 8.73. The van der Waals surface area contributed by atoms with Crippen LogP contribution in [-0.2, 0) is 17.9 Å². The van der Waals surface area contributed by atoms with E-state index in [1.54, 1.807) is 11.3 Å². The zero-order valence-corrected chi connectivity index (χ0v) is 15.8. The van der Waals surface area contributed by atoms with Crippen LogP contribution in [0.25, 0.3) is 0 Å². The third kappa shape index (κ3) is 5.11. The Balaban J connectivity index is 1.67. The lowest BCUT2D eigenvalue weighted by Crippen LogP contribution is -2.49. The molecule has 5 nitrogen and oxygen atoms in total. The van der Waals surface area contributed by atoms with E-state index in [9.17, 15) is 4.79 Å². The summed E-state index contributed by atoms with van der Waals surface area (Å²) in [7, 11) is 2.11. The maximum Gasteiger partial charge on any atom is 0.236 e. The maximum absolute atomic E-state index is 12.8. The predicted octanol–water partition coefficient (Wildman–Crippen LogP) is 2.23. The molecule has 1 fully saturated rings. The van der Waals surface area contributed by atoms with Crippen molar-refractivity contribution in [3.05, 3.63) is 52.0 Å². The fraction of sp³-hybridized carbons (Fsp3) is 0.474. The molecule has 0 unspecified atom stereocenters. The molecule has 0 N–H and O–H groups in total. The van der Waals surface area contributed by atoms with E-state index in [2.05, 4.69) is 34.0 Å². The molecular weight excluding hydrogens is 332 g/mol. The number of rotatable bonds is 6. The minimum atomic E-state index is 0.228. The van der Waals surface area contributed by atoms with Crippen LogP contribution in [-0.4, -0.2) is 65.4 Å². The molecule has 0 atom stereocenters. The van der Waals surface area contributed by atoms with E-state index in [-0.39, 0.29) is 5.91 Å². The number of thiazole rings is 1. The summed E-state index contributed by atoms with van der Waals surface area (Å²) >= 11 is 1.67. The molecule has 6 heteroatoms. The van der Waals surface area contributed by atoms with Crippen molar-refractivity contribution in [1.82, 2.24) is 19.7 Å². The number of aromatic nitrogens is 1. The molecule has 134 valence electrons. The van der Waals surface area contributed by atoms with Gasteiger partial charge in [-0.2, -0.15) is 0 Å². The highest BCUT2D eigenvalue weighted by molar-refractivity contribution is 7.09. The summed E-state index contributed by atoms with van der Waals surface area (Å²) in [5, 5.41) is 0. The summed E-state index contributed by atoms with van der Waals surface area (Å²) in [6, 6.07) is 10.4. The van der Waals surface area contributed by atoms with Crippen molar-refractivity contribution >= 4 is 17.2 Å². The second-order valence-corrected chi connectivity index (χ2v) is 7.62. The minimum Gasteiger partial charge on any atom is -0.339 e. The van der Waals surface area contributed by atoms with Crippen molar-refractivity contribution in [3.8, 4) is 0 Å². The van der Waals surface area contributed by atoms with E-state index in [1.165, 1.54) is 10.4 Å². The van der Waals surface area contributed by atoms with Crippen molar-refractivity contribution in [2.75, 3.05) is 39.8 Å². The number of hydrogen-bond donors (Lipinski definition) is 0. The van der Waals surface area contributed by atoms with Gasteiger partial charge in [0.1, 0.15) is 0 Å². The Labute approximate surface area is 153 Å². The quantitative estimate of drug-likeness (QED) is 0.794. The van der Waals surface area contributed by atoms with Gasteiger partial charge in [0.25, 0.3) is 0 Å². The predicted molar refractivity (Wildman–Crippen MR) is 101 cm³/mol. The lowest BCUT2D eigenvalue weighted by atomic mass is 10.2. The van der Waals surface area contributed by atoms with E-state index in [0.717, 1.165) is 45.0 Å². The fourth-order valence-electron chi connectivity index (χ4n) is 3.04. The first kappa shape index (κ1) is 18.0. The van der Waals surface area contributed by atoms with Gasteiger partial charge in [-0.05, 0) is 19.5 Å². The van der Waals surface area contributed by atoms with Gasteiger partial charge in [-0.3, -0.25) is 9.69 Å². The largest absolute Gasteiger partial charge is 0.339 e. The standard InChI is InChI=1S/C19H26N4OS/c1-16-18(25-15-20-16)13-22(12-17-6-4-3-5-7-17)14-19(24)23-10-8-21(2)9-11-23/h3-7,15H,8-14H2,1-2H3. The number of amides is 1. The Hall–Kier alpha value is -1.76. The molecule has 0 radical (unpaired) electrons.